The van der Waals surface area contributed by atoms with Crippen LogP contribution in [0.4, 0.5) is 4.79 Å². The van der Waals surface area contributed by atoms with E-state index in [0.29, 0.717) is 12.2 Å². The Morgan fingerprint density at radius 3 is 2.29 bits per heavy atom. The summed E-state index contributed by atoms with van der Waals surface area (Å²) in [5.74, 6) is -0.447. The van der Waals surface area contributed by atoms with E-state index in [4.69, 9.17) is 4.74 Å². The summed E-state index contributed by atoms with van der Waals surface area (Å²) in [5.41, 5.74) is 2.71. The molecule has 0 radical (unpaired) electrons. The zero-order valence-corrected chi connectivity index (χ0v) is 14.6. The van der Waals surface area contributed by atoms with Crippen molar-refractivity contribution in [1.82, 2.24) is 15.1 Å². The number of aryl methyl sites for hydroxylation is 1. The van der Waals surface area contributed by atoms with E-state index in [1.807, 2.05) is 38.1 Å². The van der Waals surface area contributed by atoms with Gasteiger partial charge in [-0.15, -0.1) is 0 Å². The van der Waals surface area contributed by atoms with Crippen LogP contribution < -0.4 is 5.32 Å². The van der Waals surface area contributed by atoms with Crippen LogP contribution in [0.5, 0.6) is 0 Å². The molecule has 1 amide bonds. The van der Waals surface area contributed by atoms with E-state index in [1.165, 1.54) is 18.9 Å². The lowest BCUT2D eigenvalue weighted by Gasteiger charge is -2.08. The van der Waals surface area contributed by atoms with Gasteiger partial charge in [0.25, 0.3) is 0 Å². The molecular formula is C17H23N3O4. The van der Waals surface area contributed by atoms with Crippen molar-refractivity contribution in [2.45, 2.75) is 27.3 Å². The van der Waals surface area contributed by atoms with Crippen molar-refractivity contribution >= 4 is 12.1 Å². The number of aromatic nitrogens is 2. The molecule has 0 bridgehead atoms. The number of nitrogens with zero attached hydrogens (tertiary/aromatic N) is 2. The zero-order valence-electron chi connectivity index (χ0n) is 14.6. The summed E-state index contributed by atoms with van der Waals surface area (Å²) in [6.45, 7) is 6.16. The molecule has 1 aromatic carbocycles. The molecule has 0 unspecified atom stereocenters. The number of carbonyl (C=O) groups is 2. The number of alkyl carbamates (subject to hydrolysis) is 1. The monoisotopic (exact) mass is 333 g/mol. The van der Waals surface area contributed by atoms with Crippen LogP contribution in [0.2, 0.25) is 0 Å². The lowest BCUT2D eigenvalue weighted by Crippen LogP contribution is -2.22. The molecule has 0 fully saturated rings. The Morgan fingerprint density at radius 2 is 1.75 bits per heavy atom. The lowest BCUT2D eigenvalue weighted by atomic mass is 10.2. The molecule has 1 N–H and O–H groups in total. The number of methoxy groups -OCH3 is 2. The number of hydrogen-bond donors (Lipinski definition) is 1. The van der Waals surface area contributed by atoms with Crippen LogP contribution >= 0.6 is 0 Å². The second-order valence-corrected chi connectivity index (χ2v) is 4.59. The molecule has 7 nitrogen and oxygen atoms in total. The van der Waals surface area contributed by atoms with Gasteiger partial charge in [0.05, 0.1) is 25.6 Å². The highest BCUT2D eigenvalue weighted by atomic mass is 16.5. The van der Waals surface area contributed by atoms with E-state index in [0.717, 1.165) is 16.9 Å². The van der Waals surface area contributed by atoms with Gasteiger partial charge in [0.2, 0.25) is 0 Å². The highest BCUT2D eigenvalue weighted by molar-refractivity contribution is 5.88. The van der Waals surface area contributed by atoms with Crippen molar-refractivity contribution in [3.8, 4) is 5.69 Å². The van der Waals surface area contributed by atoms with Crippen molar-refractivity contribution in [1.29, 1.82) is 0 Å². The first-order valence-electron chi connectivity index (χ1n) is 7.61. The maximum atomic E-state index is 11.8. The van der Waals surface area contributed by atoms with Crippen LogP contribution in [0, 0.1) is 6.92 Å². The summed E-state index contributed by atoms with van der Waals surface area (Å²) in [6, 6.07) is 8.96. The normalized spacial score (nSPS) is 9.54. The molecule has 24 heavy (non-hydrogen) atoms. The Balaban J connectivity index is 0.00000139. The number of nitrogens with one attached hydrogen (secondary N) is 1. The van der Waals surface area contributed by atoms with Crippen LogP contribution in [-0.4, -0.2) is 36.1 Å². The lowest BCUT2D eigenvalue weighted by molar-refractivity contribution is 0.0590. The van der Waals surface area contributed by atoms with Gasteiger partial charge in [0.1, 0.15) is 0 Å². The summed E-state index contributed by atoms with van der Waals surface area (Å²) >= 11 is 0. The molecule has 7 heteroatoms. The number of rotatable bonds is 4. The molecule has 2 rings (SSSR count). The van der Waals surface area contributed by atoms with E-state index in [-0.39, 0.29) is 0 Å². The zero-order chi connectivity index (χ0) is 18.1. The Kier molecular flexibility index (Phi) is 7.48. The van der Waals surface area contributed by atoms with E-state index in [2.05, 4.69) is 15.2 Å². The molecule has 130 valence electrons. The van der Waals surface area contributed by atoms with Gasteiger partial charge in [-0.2, -0.15) is 5.10 Å². The fraction of sp³-hybridized carbons (Fsp3) is 0.353. The second kappa shape index (κ2) is 9.34. The Bertz CT molecular complexity index is 678. The number of ether oxygens (including phenoxy) is 2. The van der Waals surface area contributed by atoms with E-state index in [9.17, 15) is 9.59 Å². The van der Waals surface area contributed by atoms with Gasteiger partial charge in [-0.3, -0.25) is 0 Å². The average Bonchev–Trinajstić information content (AvgIpc) is 3.02. The second-order valence-electron chi connectivity index (χ2n) is 4.59. The SMILES string of the molecule is CC.COC(=O)NCc1ccc(-n2nc(C)cc2C(=O)OC)cc1. The standard InChI is InChI=1S/C15H17N3O4.C2H6/c1-10-8-13(14(19)21-2)18(17-10)12-6-4-11(5-7-12)9-16-15(20)22-3;1-2/h4-8H,9H2,1-3H3,(H,16,20);1-2H3. The fourth-order valence-electron chi connectivity index (χ4n) is 1.95. The van der Waals surface area contributed by atoms with Crippen molar-refractivity contribution in [2.75, 3.05) is 14.2 Å². The molecule has 0 aliphatic carbocycles. The van der Waals surface area contributed by atoms with E-state index in [1.54, 1.807) is 13.0 Å². The van der Waals surface area contributed by atoms with Crippen molar-refractivity contribution in [2.24, 2.45) is 0 Å². The van der Waals surface area contributed by atoms with E-state index < -0.39 is 12.1 Å². The van der Waals surface area contributed by atoms with E-state index >= 15 is 0 Å². The molecule has 0 atom stereocenters. The van der Waals surface area contributed by atoms with Crippen molar-refractivity contribution in [3.63, 3.8) is 0 Å². The number of benzene rings is 1. The van der Waals surface area contributed by atoms with Gasteiger partial charge in [0, 0.05) is 6.54 Å². The van der Waals surface area contributed by atoms with Gasteiger partial charge in [-0.25, -0.2) is 14.3 Å². The maximum absolute atomic E-state index is 11.8. The molecule has 2 aromatic rings. The third-order valence-corrected chi connectivity index (χ3v) is 3.03. The van der Waals surface area contributed by atoms with Crippen molar-refractivity contribution in [3.05, 3.63) is 47.3 Å². The van der Waals surface area contributed by atoms with Gasteiger partial charge in [0.15, 0.2) is 5.69 Å². The molecule has 0 spiro atoms. The molecule has 1 heterocycles. The topological polar surface area (TPSA) is 82.5 Å². The molecule has 0 aliphatic heterocycles. The molecule has 0 saturated heterocycles. The largest absolute Gasteiger partial charge is 0.464 e. The number of hydrogen-bond acceptors (Lipinski definition) is 5. The van der Waals surface area contributed by atoms with Gasteiger partial charge < -0.3 is 14.8 Å². The van der Waals surface area contributed by atoms with Crippen molar-refractivity contribution < 1.29 is 19.1 Å². The van der Waals surface area contributed by atoms with Crippen LogP contribution in [0.1, 0.15) is 35.6 Å². The predicted octanol–water partition coefficient (Wildman–Crippen LogP) is 2.85. The Labute approximate surface area is 141 Å². The fourth-order valence-corrected chi connectivity index (χ4v) is 1.95. The third-order valence-electron chi connectivity index (χ3n) is 3.03. The molecule has 0 aliphatic rings. The predicted molar refractivity (Wildman–Crippen MR) is 90.2 cm³/mol. The Morgan fingerprint density at radius 1 is 1.12 bits per heavy atom. The minimum Gasteiger partial charge on any atom is -0.464 e. The summed E-state index contributed by atoms with van der Waals surface area (Å²) in [4.78, 5) is 22.8. The van der Waals surface area contributed by atoms with Crippen LogP contribution in [0.3, 0.4) is 0 Å². The molecule has 0 saturated carbocycles. The highest BCUT2D eigenvalue weighted by Gasteiger charge is 2.15. The number of amides is 1. The summed E-state index contributed by atoms with van der Waals surface area (Å²) < 4.78 is 10.8. The third kappa shape index (κ3) is 4.84. The minimum atomic E-state index is -0.486. The summed E-state index contributed by atoms with van der Waals surface area (Å²) in [6.07, 6.45) is -0.486. The first kappa shape index (κ1) is 19.2. The maximum Gasteiger partial charge on any atom is 0.407 e. The van der Waals surface area contributed by atoms with Crippen LogP contribution in [0.25, 0.3) is 5.69 Å². The summed E-state index contributed by atoms with van der Waals surface area (Å²) in [5, 5.41) is 6.89. The van der Waals surface area contributed by atoms with Gasteiger partial charge >= 0.3 is 12.1 Å². The smallest absolute Gasteiger partial charge is 0.407 e. The average molecular weight is 333 g/mol. The first-order valence-corrected chi connectivity index (χ1v) is 7.61. The first-order chi connectivity index (χ1) is 11.5. The molecular weight excluding hydrogens is 310 g/mol. The van der Waals surface area contributed by atoms with Gasteiger partial charge in [-0.1, -0.05) is 26.0 Å². The van der Waals surface area contributed by atoms with Gasteiger partial charge in [-0.05, 0) is 30.7 Å². The van der Waals surface area contributed by atoms with Crippen LogP contribution in [0.15, 0.2) is 30.3 Å². The quantitative estimate of drug-likeness (QED) is 0.870. The number of esters is 1. The number of carbonyl (C=O) groups excluding carboxylic acids is 2. The summed E-state index contributed by atoms with van der Waals surface area (Å²) in [7, 11) is 2.64. The highest BCUT2D eigenvalue weighted by Crippen LogP contribution is 2.14. The van der Waals surface area contributed by atoms with Crippen LogP contribution in [-0.2, 0) is 16.0 Å². The Hall–Kier alpha value is -2.83. The minimum absolute atomic E-state index is 0.356. The molecule has 1 aromatic heterocycles.